The highest BCUT2D eigenvalue weighted by Crippen LogP contribution is 2.20. The van der Waals surface area contributed by atoms with Crippen molar-refractivity contribution in [1.29, 1.82) is 0 Å². The van der Waals surface area contributed by atoms with Crippen molar-refractivity contribution in [1.82, 2.24) is 9.80 Å². The molecule has 0 aliphatic carbocycles. The van der Waals surface area contributed by atoms with Gasteiger partial charge in [-0.3, -0.25) is 9.59 Å². The number of nitrogens with zero attached hydrogens (tertiary/aromatic N) is 2. The second-order valence-corrected chi connectivity index (χ2v) is 7.03. The molecule has 5 heteroatoms. The van der Waals surface area contributed by atoms with Crippen LogP contribution in [0.3, 0.4) is 0 Å². The van der Waals surface area contributed by atoms with Crippen LogP contribution in [0.4, 0.5) is 4.39 Å². The Morgan fingerprint density at radius 3 is 2.59 bits per heavy atom. The largest absolute Gasteiger partial charge is 0.336 e. The van der Waals surface area contributed by atoms with Crippen LogP contribution in [0.25, 0.3) is 0 Å². The van der Waals surface area contributed by atoms with E-state index in [0.29, 0.717) is 30.8 Å². The highest BCUT2D eigenvalue weighted by molar-refractivity contribution is 5.94. The summed E-state index contributed by atoms with van der Waals surface area (Å²) >= 11 is 0. The van der Waals surface area contributed by atoms with Gasteiger partial charge in [-0.1, -0.05) is 43.3 Å². The zero-order valence-corrected chi connectivity index (χ0v) is 15.8. The summed E-state index contributed by atoms with van der Waals surface area (Å²) in [5.74, 6) is -0.553. The first-order chi connectivity index (χ1) is 13.0. The van der Waals surface area contributed by atoms with E-state index in [9.17, 15) is 14.0 Å². The van der Waals surface area contributed by atoms with Crippen LogP contribution in [0.5, 0.6) is 0 Å². The number of hydrogen-bond acceptors (Lipinski definition) is 2. The number of carbonyl (C=O) groups excluding carboxylic acids is 2. The second-order valence-electron chi connectivity index (χ2n) is 7.03. The maximum atomic E-state index is 13.9. The molecule has 1 aliphatic rings. The van der Waals surface area contributed by atoms with Gasteiger partial charge in [0.2, 0.25) is 5.91 Å². The number of amides is 2. The van der Waals surface area contributed by atoms with Crippen molar-refractivity contribution < 1.29 is 14.0 Å². The highest BCUT2D eigenvalue weighted by atomic mass is 19.1. The average Bonchev–Trinajstić information content (AvgIpc) is 2.84. The van der Waals surface area contributed by atoms with Gasteiger partial charge in [-0.15, -0.1) is 0 Å². The van der Waals surface area contributed by atoms with Crippen LogP contribution in [-0.4, -0.2) is 40.7 Å². The molecule has 0 radical (unpaired) electrons. The lowest BCUT2D eigenvalue weighted by molar-refractivity contribution is -0.133. The molecule has 2 aromatic carbocycles. The van der Waals surface area contributed by atoms with E-state index in [-0.39, 0.29) is 30.1 Å². The number of aryl methyl sites for hydroxylation is 1. The first-order valence-corrected chi connectivity index (χ1v) is 9.38. The molecular weight excluding hydrogens is 343 g/mol. The van der Waals surface area contributed by atoms with E-state index in [0.717, 1.165) is 12.0 Å². The van der Waals surface area contributed by atoms with E-state index in [4.69, 9.17) is 0 Å². The maximum Gasteiger partial charge on any atom is 0.254 e. The number of carbonyl (C=O) groups is 2. The molecule has 3 rings (SSSR count). The van der Waals surface area contributed by atoms with Crippen LogP contribution >= 0.6 is 0 Å². The van der Waals surface area contributed by atoms with Gasteiger partial charge in [0.05, 0.1) is 0 Å². The van der Waals surface area contributed by atoms with Crippen LogP contribution in [-0.2, 0) is 11.3 Å². The first-order valence-electron chi connectivity index (χ1n) is 9.38. The molecule has 2 aromatic rings. The van der Waals surface area contributed by atoms with Crippen molar-refractivity contribution in [2.24, 2.45) is 0 Å². The molecule has 1 atom stereocenters. The number of rotatable bonds is 4. The van der Waals surface area contributed by atoms with Crippen LogP contribution in [0.1, 0.15) is 41.3 Å². The van der Waals surface area contributed by atoms with Gasteiger partial charge in [-0.25, -0.2) is 4.39 Å². The summed E-state index contributed by atoms with van der Waals surface area (Å²) in [5.41, 5.74) is 1.92. The summed E-state index contributed by atoms with van der Waals surface area (Å²) in [7, 11) is 0. The lowest BCUT2D eigenvalue weighted by Gasteiger charge is -2.31. The maximum absolute atomic E-state index is 13.9. The molecule has 4 nitrogen and oxygen atoms in total. The van der Waals surface area contributed by atoms with Crippen LogP contribution in [0.2, 0.25) is 0 Å². The molecule has 1 heterocycles. The van der Waals surface area contributed by atoms with E-state index < -0.39 is 0 Å². The van der Waals surface area contributed by atoms with Crippen molar-refractivity contribution in [3.8, 4) is 0 Å². The van der Waals surface area contributed by atoms with E-state index in [2.05, 4.69) is 0 Å². The van der Waals surface area contributed by atoms with Gasteiger partial charge in [-0.05, 0) is 36.6 Å². The van der Waals surface area contributed by atoms with Gasteiger partial charge < -0.3 is 9.80 Å². The Bertz CT molecular complexity index is 822. The van der Waals surface area contributed by atoms with Crippen LogP contribution < -0.4 is 0 Å². The third-order valence-corrected chi connectivity index (χ3v) is 5.16. The normalized spacial score (nSPS) is 17.7. The van der Waals surface area contributed by atoms with Gasteiger partial charge in [0.1, 0.15) is 5.82 Å². The number of halogens is 1. The smallest absolute Gasteiger partial charge is 0.254 e. The number of hydrogen-bond donors (Lipinski definition) is 0. The van der Waals surface area contributed by atoms with Crippen molar-refractivity contribution in [2.45, 2.75) is 39.3 Å². The molecule has 0 aromatic heterocycles. The van der Waals surface area contributed by atoms with Crippen molar-refractivity contribution in [3.63, 3.8) is 0 Å². The third-order valence-electron chi connectivity index (χ3n) is 5.16. The van der Waals surface area contributed by atoms with Crippen LogP contribution in [0.15, 0.2) is 48.5 Å². The van der Waals surface area contributed by atoms with E-state index in [1.807, 2.05) is 42.2 Å². The van der Waals surface area contributed by atoms with E-state index in [1.54, 1.807) is 24.0 Å². The first kappa shape index (κ1) is 19.1. The number of benzene rings is 2. The fraction of sp³-hybridized carbons (Fsp3) is 0.364. The summed E-state index contributed by atoms with van der Waals surface area (Å²) in [6.45, 7) is 5.05. The monoisotopic (exact) mass is 368 g/mol. The molecule has 0 unspecified atom stereocenters. The predicted molar refractivity (Wildman–Crippen MR) is 103 cm³/mol. The molecule has 0 spiro atoms. The summed E-state index contributed by atoms with van der Waals surface area (Å²) in [6, 6.07) is 14.4. The van der Waals surface area contributed by atoms with E-state index >= 15 is 0 Å². The minimum absolute atomic E-state index is 0.0519. The SMILES string of the molecule is CC[C@@H]1CN(C(=O)c2ccc(C)c(F)c2)CCC(=O)N1Cc1ccccc1. The predicted octanol–water partition coefficient (Wildman–Crippen LogP) is 3.79. The Balaban J connectivity index is 1.79. The molecule has 1 aliphatic heterocycles. The quantitative estimate of drug-likeness (QED) is 0.824. The summed E-state index contributed by atoms with van der Waals surface area (Å²) in [5, 5.41) is 0. The van der Waals surface area contributed by atoms with Gasteiger partial charge >= 0.3 is 0 Å². The fourth-order valence-electron chi connectivity index (χ4n) is 3.46. The standard InChI is InChI=1S/C22H25FN2O2/c1-3-19-15-24(22(27)18-10-9-16(2)20(23)13-18)12-11-21(26)25(19)14-17-7-5-4-6-8-17/h4-10,13,19H,3,11-12,14-15H2,1-2H3/t19-/m1/s1. The average molecular weight is 368 g/mol. The highest BCUT2D eigenvalue weighted by Gasteiger charge is 2.31. The van der Waals surface area contributed by atoms with Crippen molar-refractivity contribution >= 4 is 11.8 Å². The molecule has 0 saturated carbocycles. The Hall–Kier alpha value is -2.69. The second kappa shape index (κ2) is 8.33. The molecule has 27 heavy (non-hydrogen) atoms. The van der Waals surface area contributed by atoms with Gasteiger partial charge in [0, 0.05) is 37.7 Å². The van der Waals surface area contributed by atoms with Gasteiger partial charge in [-0.2, -0.15) is 0 Å². The minimum Gasteiger partial charge on any atom is -0.336 e. The van der Waals surface area contributed by atoms with Crippen LogP contribution in [0, 0.1) is 12.7 Å². The molecule has 0 N–H and O–H groups in total. The Morgan fingerprint density at radius 1 is 1.19 bits per heavy atom. The molecule has 142 valence electrons. The summed E-state index contributed by atoms with van der Waals surface area (Å²) < 4.78 is 13.9. The molecule has 1 saturated heterocycles. The topological polar surface area (TPSA) is 40.6 Å². The zero-order valence-electron chi connectivity index (χ0n) is 15.8. The Labute approximate surface area is 159 Å². The lowest BCUT2D eigenvalue weighted by atomic mass is 10.1. The fourth-order valence-corrected chi connectivity index (χ4v) is 3.46. The zero-order chi connectivity index (χ0) is 19.4. The Morgan fingerprint density at radius 2 is 1.93 bits per heavy atom. The van der Waals surface area contributed by atoms with Crippen molar-refractivity contribution in [3.05, 3.63) is 71.0 Å². The van der Waals surface area contributed by atoms with Crippen molar-refractivity contribution in [2.75, 3.05) is 13.1 Å². The summed E-state index contributed by atoms with van der Waals surface area (Å²) in [6.07, 6.45) is 1.04. The summed E-state index contributed by atoms with van der Waals surface area (Å²) in [4.78, 5) is 29.2. The Kier molecular flexibility index (Phi) is 5.89. The molecule has 0 bridgehead atoms. The minimum atomic E-state index is -0.385. The van der Waals surface area contributed by atoms with Gasteiger partial charge in [0.25, 0.3) is 5.91 Å². The lowest BCUT2D eigenvalue weighted by Crippen LogP contribution is -2.43. The van der Waals surface area contributed by atoms with E-state index in [1.165, 1.54) is 6.07 Å². The molecule has 1 fully saturated rings. The van der Waals surface area contributed by atoms with Gasteiger partial charge in [0.15, 0.2) is 0 Å². The molecular formula is C22H25FN2O2. The molecule has 2 amide bonds. The third kappa shape index (κ3) is 4.35.